The van der Waals surface area contributed by atoms with Gasteiger partial charge in [0.25, 0.3) is 0 Å². The maximum atomic E-state index is 12.0. The van der Waals surface area contributed by atoms with Crippen LogP contribution in [-0.4, -0.2) is 40.2 Å². The number of rotatable bonds is 6. The Bertz CT molecular complexity index is 439. The summed E-state index contributed by atoms with van der Waals surface area (Å²) in [6.07, 6.45) is 0. The van der Waals surface area contributed by atoms with E-state index in [1.807, 2.05) is 30.3 Å². The number of benzene rings is 1. The zero-order valence-electron chi connectivity index (χ0n) is 11.1. The molecule has 1 aromatic rings. The second-order valence-corrected chi connectivity index (χ2v) is 6.71. The summed E-state index contributed by atoms with van der Waals surface area (Å²) in [6.45, 7) is 3.29. The zero-order chi connectivity index (χ0) is 14.4. The molecule has 0 radical (unpaired) electrons. The number of hydrogen-bond acceptors (Lipinski definition) is 4. The van der Waals surface area contributed by atoms with Gasteiger partial charge in [0.1, 0.15) is 6.04 Å². The van der Waals surface area contributed by atoms with Crippen LogP contribution in [0.4, 0.5) is 0 Å². The lowest BCUT2D eigenvalue weighted by molar-refractivity contribution is -0.147. The van der Waals surface area contributed by atoms with E-state index in [9.17, 15) is 9.59 Å². The first-order valence-corrected chi connectivity index (χ1v) is 8.02. The monoisotopic (exact) mass is 299 g/mol. The van der Waals surface area contributed by atoms with E-state index >= 15 is 0 Å². The molecule has 0 aliphatic rings. The number of nitrogens with zero attached hydrogens (tertiary/aromatic N) is 1. The van der Waals surface area contributed by atoms with Gasteiger partial charge in [-0.25, -0.2) is 4.79 Å². The Labute approximate surface area is 121 Å². The third-order valence-corrected chi connectivity index (χ3v) is 5.45. The molecule has 1 amide bonds. The largest absolute Gasteiger partial charge is 0.480 e. The molecular weight excluding hydrogens is 282 g/mol. The highest BCUT2D eigenvalue weighted by atomic mass is 33.1. The van der Waals surface area contributed by atoms with Gasteiger partial charge in [0.05, 0.1) is 5.25 Å². The fourth-order valence-electron chi connectivity index (χ4n) is 1.29. The number of hydrogen-bond donors (Lipinski definition) is 1. The van der Waals surface area contributed by atoms with E-state index in [1.54, 1.807) is 6.92 Å². The molecule has 0 fully saturated rings. The molecule has 0 saturated carbocycles. The number of amides is 1. The van der Waals surface area contributed by atoms with Crippen LogP contribution in [0.1, 0.15) is 13.8 Å². The Kier molecular flexibility index (Phi) is 6.24. The highest BCUT2D eigenvalue weighted by Crippen LogP contribution is 2.34. The van der Waals surface area contributed by atoms with E-state index in [1.165, 1.54) is 40.5 Å². The lowest BCUT2D eigenvalue weighted by Crippen LogP contribution is -2.43. The maximum absolute atomic E-state index is 12.0. The third kappa shape index (κ3) is 4.80. The average Bonchev–Trinajstić information content (AvgIpc) is 2.43. The van der Waals surface area contributed by atoms with Crippen molar-refractivity contribution in [1.82, 2.24) is 4.90 Å². The first-order valence-electron chi connectivity index (χ1n) is 5.81. The predicted octanol–water partition coefficient (Wildman–Crippen LogP) is 2.75. The fourth-order valence-corrected chi connectivity index (χ4v) is 3.41. The molecule has 1 N–H and O–H groups in total. The van der Waals surface area contributed by atoms with Crippen molar-refractivity contribution < 1.29 is 14.7 Å². The molecule has 0 aromatic heterocycles. The Balaban J connectivity index is 2.51. The van der Waals surface area contributed by atoms with Gasteiger partial charge in [0.15, 0.2) is 0 Å². The van der Waals surface area contributed by atoms with Gasteiger partial charge in [-0.15, -0.1) is 0 Å². The highest BCUT2D eigenvalue weighted by Gasteiger charge is 2.26. The van der Waals surface area contributed by atoms with E-state index in [-0.39, 0.29) is 11.2 Å². The summed E-state index contributed by atoms with van der Waals surface area (Å²) in [5.41, 5.74) is 0. The topological polar surface area (TPSA) is 57.6 Å². The smallest absolute Gasteiger partial charge is 0.326 e. The van der Waals surface area contributed by atoms with Crippen molar-refractivity contribution in [3.8, 4) is 0 Å². The Morgan fingerprint density at radius 1 is 1.21 bits per heavy atom. The van der Waals surface area contributed by atoms with Gasteiger partial charge in [-0.2, -0.15) is 0 Å². The number of carboxylic acids is 1. The minimum absolute atomic E-state index is 0.177. The molecule has 1 rings (SSSR count). The molecule has 2 unspecified atom stereocenters. The molecule has 0 aliphatic heterocycles. The number of carbonyl (C=O) groups is 2. The van der Waals surface area contributed by atoms with Gasteiger partial charge >= 0.3 is 5.97 Å². The van der Waals surface area contributed by atoms with Crippen LogP contribution in [0.25, 0.3) is 0 Å². The summed E-state index contributed by atoms with van der Waals surface area (Å²) in [7, 11) is 4.46. The number of carboxylic acid groups (broad SMARTS) is 1. The van der Waals surface area contributed by atoms with Crippen LogP contribution in [0.15, 0.2) is 35.2 Å². The summed E-state index contributed by atoms with van der Waals surface area (Å²) < 4.78 is 0. The van der Waals surface area contributed by atoms with Gasteiger partial charge in [0.2, 0.25) is 5.91 Å². The zero-order valence-corrected chi connectivity index (χ0v) is 12.7. The van der Waals surface area contributed by atoms with Crippen molar-refractivity contribution in [2.24, 2.45) is 0 Å². The summed E-state index contributed by atoms with van der Waals surface area (Å²) in [4.78, 5) is 25.2. The van der Waals surface area contributed by atoms with E-state index in [0.29, 0.717) is 0 Å². The quantitative estimate of drug-likeness (QED) is 0.819. The van der Waals surface area contributed by atoms with Gasteiger partial charge in [-0.3, -0.25) is 4.79 Å². The average molecular weight is 299 g/mol. The first-order chi connectivity index (χ1) is 8.93. The van der Waals surface area contributed by atoms with E-state index < -0.39 is 12.0 Å². The molecule has 6 heteroatoms. The normalized spacial score (nSPS) is 13.6. The van der Waals surface area contributed by atoms with Gasteiger partial charge in [-0.05, 0) is 26.0 Å². The van der Waals surface area contributed by atoms with E-state index in [0.717, 1.165) is 4.90 Å². The van der Waals surface area contributed by atoms with Gasteiger partial charge in [0, 0.05) is 11.9 Å². The number of aliphatic carboxylic acids is 1. The van der Waals surface area contributed by atoms with Crippen molar-refractivity contribution >= 4 is 33.5 Å². The molecule has 19 heavy (non-hydrogen) atoms. The minimum atomic E-state index is -0.997. The van der Waals surface area contributed by atoms with Crippen LogP contribution in [-0.2, 0) is 9.59 Å². The van der Waals surface area contributed by atoms with Crippen LogP contribution in [0.2, 0.25) is 0 Å². The molecule has 0 spiro atoms. The molecule has 0 heterocycles. The third-order valence-electron chi connectivity index (χ3n) is 2.67. The van der Waals surface area contributed by atoms with Crippen LogP contribution in [0.5, 0.6) is 0 Å². The van der Waals surface area contributed by atoms with Gasteiger partial charge in [-0.1, -0.05) is 39.8 Å². The lowest BCUT2D eigenvalue weighted by atomic mass is 10.3. The number of likely N-dealkylation sites (N-methyl/N-ethyl adjacent to an activating group) is 1. The molecule has 1 aromatic carbocycles. The molecule has 104 valence electrons. The van der Waals surface area contributed by atoms with Crippen molar-refractivity contribution in [3.05, 3.63) is 30.3 Å². The van der Waals surface area contributed by atoms with Crippen LogP contribution >= 0.6 is 21.6 Å². The second-order valence-electron chi connectivity index (χ2n) is 4.10. The van der Waals surface area contributed by atoms with Crippen LogP contribution in [0, 0.1) is 0 Å². The lowest BCUT2D eigenvalue weighted by Gasteiger charge is -2.24. The first kappa shape index (κ1) is 15.9. The number of carbonyl (C=O) groups excluding carboxylic acids is 1. The van der Waals surface area contributed by atoms with Crippen molar-refractivity contribution in [1.29, 1.82) is 0 Å². The van der Waals surface area contributed by atoms with Gasteiger partial charge < -0.3 is 10.0 Å². The molecule has 4 nitrogen and oxygen atoms in total. The summed E-state index contributed by atoms with van der Waals surface area (Å²) >= 11 is 0. The van der Waals surface area contributed by atoms with Crippen molar-refractivity contribution in [2.75, 3.05) is 7.05 Å². The highest BCUT2D eigenvalue weighted by molar-refractivity contribution is 8.77. The summed E-state index contributed by atoms with van der Waals surface area (Å²) in [6, 6.07) is 8.95. The van der Waals surface area contributed by atoms with Crippen LogP contribution in [0.3, 0.4) is 0 Å². The van der Waals surface area contributed by atoms with Crippen molar-refractivity contribution in [2.45, 2.75) is 30.0 Å². The second kappa shape index (κ2) is 7.45. The van der Waals surface area contributed by atoms with E-state index in [4.69, 9.17) is 5.11 Å². The molecule has 0 aliphatic carbocycles. The van der Waals surface area contributed by atoms with Crippen LogP contribution < -0.4 is 0 Å². The molecular formula is C13H17NO3S2. The standard InChI is InChI=1S/C13H17NO3S2/c1-9(13(16)17)14(3)12(15)10(2)18-19-11-7-5-4-6-8-11/h4-10H,1-3H3,(H,16,17). The molecule has 0 saturated heterocycles. The maximum Gasteiger partial charge on any atom is 0.326 e. The predicted molar refractivity (Wildman–Crippen MR) is 79.2 cm³/mol. The Morgan fingerprint density at radius 2 is 1.79 bits per heavy atom. The molecule has 2 atom stereocenters. The fraction of sp³-hybridized carbons (Fsp3) is 0.385. The Hall–Kier alpha value is -1.14. The summed E-state index contributed by atoms with van der Waals surface area (Å²) in [5.74, 6) is -1.17. The Morgan fingerprint density at radius 3 is 2.32 bits per heavy atom. The summed E-state index contributed by atoms with van der Waals surface area (Å²) in [5, 5.41) is 8.59. The van der Waals surface area contributed by atoms with Crippen molar-refractivity contribution in [3.63, 3.8) is 0 Å². The SMILES string of the molecule is CC(SSc1ccccc1)C(=O)N(C)C(C)C(=O)O. The minimum Gasteiger partial charge on any atom is -0.480 e. The molecule has 0 bridgehead atoms. The van der Waals surface area contributed by atoms with E-state index in [2.05, 4.69) is 0 Å².